The summed E-state index contributed by atoms with van der Waals surface area (Å²) in [4.78, 5) is 24.3. The zero-order chi connectivity index (χ0) is 20.1. The molecule has 1 rings (SSSR count). The highest BCUT2D eigenvalue weighted by Gasteiger charge is 2.33. The maximum Gasteiger partial charge on any atom is 0.309 e. The minimum atomic E-state index is -0.157. The first-order valence-electron chi connectivity index (χ1n) is 11.3. The third kappa shape index (κ3) is 11.4. The lowest BCUT2D eigenvalue weighted by Crippen LogP contribution is -2.30. The number of hydrogen-bond donors (Lipinski definition) is 0. The summed E-state index contributed by atoms with van der Waals surface area (Å²) in [7, 11) is 0. The van der Waals surface area contributed by atoms with Crippen LogP contribution in [0.4, 0.5) is 0 Å². The van der Waals surface area contributed by atoms with Crippen molar-refractivity contribution < 1.29 is 19.1 Å². The molecule has 0 aromatic rings. The number of unbranched alkanes of at least 4 members (excludes halogenated alkanes) is 6. The number of carbonyl (C=O) groups is 2. The van der Waals surface area contributed by atoms with Crippen molar-refractivity contribution in [3.8, 4) is 0 Å². The lowest BCUT2D eigenvalue weighted by atomic mass is 9.81. The fourth-order valence-electron chi connectivity index (χ4n) is 3.78. The van der Waals surface area contributed by atoms with Crippen molar-refractivity contribution in [3.63, 3.8) is 0 Å². The lowest BCUT2D eigenvalue weighted by molar-refractivity contribution is -0.157. The summed E-state index contributed by atoms with van der Waals surface area (Å²) >= 11 is 0. The van der Waals surface area contributed by atoms with E-state index in [2.05, 4.69) is 13.8 Å². The van der Waals surface area contributed by atoms with Gasteiger partial charge in [0.2, 0.25) is 0 Å². The molecule has 2 unspecified atom stereocenters. The number of hydrogen-bond acceptors (Lipinski definition) is 4. The van der Waals surface area contributed by atoms with E-state index < -0.39 is 0 Å². The number of rotatable bonds is 13. The van der Waals surface area contributed by atoms with Crippen molar-refractivity contribution in [2.75, 3.05) is 6.61 Å². The van der Waals surface area contributed by atoms with Crippen molar-refractivity contribution in [3.05, 3.63) is 0 Å². The van der Waals surface area contributed by atoms with Gasteiger partial charge in [-0.25, -0.2) is 0 Å². The Bertz CT molecular complexity index is 417. The molecule has 1 fully saturated rings. The zero-order valence-electron chi connectivity index (χ0n) is 18.1. The Morgan fingerprint density at radius 2 is 1.37 bits per heavy atom. The molecule has 0 aromatic carbocycles. The smallest absolute Gasteiger partial charge is 0.309 e. The van der Waals surface area contributed by atoms with Crippen LogP contribution in [0, 0.1) is 17.8 Å². The predicted octanol–water partition coefficient (Wildman–Crippen LogP) is 6.06. The first kappa shape index (κ1) is 24.0. The van der Waals surface area contributed by atoms with Crippen LogP contribution in [0.2, 0.25) is 0 Å². The van der Waals surface area contributed by atoms with Gasteiger partial charge in [0.1, 0.15) is 0 Å². The summed E-state index contributed by atoms with van der Waals surface area (Å²) in [6.45, 7) is 8.80. The summed E-state index contributed by atoms with van der Waals surface area (Å²) in [5, 5.41) is 0. The Balaban J connectivity index is 2.06. The van der Waals surface area contributed by atoms with Gasteiger partial charge in [0.15, 0.2) is 0 Å². The molecule has 4 nitrogen and oxygen atoms in total. The quantitative estimate of drug-likeness (QED) is 0.287. The third-order valence-corrected chi connectivity index (χ3v) is 5.36. The van der Waals surface area contributed by atoms with Crippen molar-refractivity contribution in [1.29, 1.82) is 0 Å². The van der Waals surface area contributed by atoms with Crippen LogP contribution in [-0.4, -0.2) is 24.6 Å². The van der Waals surface area contributed by atoms with Gasteiger partial charge in [0.05, 0.1) is 24.5 Å². The summed E-state index contributed by atoms with van der Waals surface area (Å²) in [6.07, 6.45) is 13.0. The monoisotopic (exact) mass is 382 g/mol. The van der Waals surface area contributed by atoms with E-state index in [0.717, 1.165) is 38.0 Å². The molecule has 0 aliphatic heterocycles. The number of carbonyl (C=O) groups excluding carboxylic acids is 2. The minimum Gasteiger partial charge on any atom is -0.465 e. The van der Waals surface area contributed by atoms with Crippen molar-refractivity contribution in [2.24, 2.45) is 17.8 Å². The molecule has 0 N–H and O–H groups in total. The molecule has 0 radical (unpaired) electrons. The number of ether oxygens (including phenoxy) is 2. The SMILES string of the molecule is CC(C)CCCCCCCCCOC(=O)C1CCCC(C(=O)OC(C)C)C1. The van der Waals surface area contributed by atoms with Crippen molar-refractivity contribution in [2.45, 2.75) is 111 Å². The summed E-state index contributed by atoms with van der Waals surface area (Å²) < 4.78 is 10.8. The average molecular weight is 383 g/mol. The molecule has 0 bridgehead atoms. The fourth-order valence-corrected chi connectivity index (χ4v) is 3.78. The van der Waals surface area contributed by atoms with Gasteiger partial charge in [-0.2, -0.15) is 0 Å². The van der Waals surface area contributed by atoms with Crippen LogP contribution < -0.4 is 0 Å². The molecule has 4 heteroatoms. The molecule has 0 spiro atoms. The predicted molar refractivity (Wildman–Crippen MR) is 109 cm³/mol. The summed E-state index contributed by atoms with van der Waals surface area (Å²) in [5.74, 6) is 0.264. The van der Waals surface area contributed by atoms with E-state index in [-0.39, 0.29) is 29.9 Å². The van der Waals surface area contributed by atoms with Crippen molar-refractivity contribution in [1.82, 2.24) is 0 Å². The highest BCUT2D eigenvalue weighted by molar-refractivity contribution is 5.76. The van der Waals surface area contributed by atoms with E-state index >= 15 is 0 Å². The van der Waals surface area contributed by atoms with Gasteiger partial charge < -0.3 is 9.47 Å². The summed E-state index contributed by atoms with van der Waals surface area (Å²) in [5.41, 5.74) is 0. The van der Waals surface area contributed by atoms with Crippen LogP contribution >= 0.6 is 0 Å². The highest BCUT2D eigenvalue weighted by atomic mass is 16.5. The lowest BCUT2D eigenvalue weighted by Gasteiger charge is -2.27. The molecule has 0 amide bonds. The van der Waals surface area contributed by atoms with Gasteiger partial charge in [0.25, 0.3) is 0 Å². The molecule has 2 atom stereocenters. The zero-order valence-corrected chi connectivity index (χ0v) is 18.1. The van der Waals surface area contributed by atoms with E-state index in [1.54, 1.807) is 0 Å². The normalized spacial score (nSPS) is 20.1. The van der Waals surface area contributed by atoms with Crippen molar-refractivity contribution >= 4 is 11.9 Å². The molecule has 0 heterocycles. The van der Waals surface area contributed by atoms with Crippen LogP contribution in [-0.2, 0) is 19.1 Å². The van der Waals surface area contributed by atoms with Gasteiger partial charge >= 0.3 is 11.9 Å². The molecule has 0 saturated heterocycles. The van der Waals surface area contributed by atoms with Crippen LogP contribution in [0.1, 0.15) is 105 Å². The molecule has 27 heavy (non-hydrogen) atoms. The Kier molecular flexibility index (Phi) is 12.4. The van der Waals surface area contributed by atoms with E-state index in [4.69, 9.17) is 9.47 Å². The highest BCUT2D eigenvalue weighted by Crippen LogP contribution is 2.31. The first-order chi connectivity index (χ1) is 12.9. The standard InChI is InChI=1S/C23H42O4/c1-18(2)13-10-8-6-5-7-9-11-16-26-22(24)20-14-12-15-21(17-20)23(25)27-19(3)4/h18-21H,5-17H2,1-4H3. The average Bonchev–Trinajstić information content (AvgIpc) is 2.62. The third-order valence-electron chi connectivity index (χ3n) is 5.36. The second kappa shape index (κ2) is 14.0. The largest absolute Gasteiger partial charge is 0.465 e. The second-order valence-corrected chi connectivity index (χ2v) is 8.87. The van der Waals surface area contributed by atoms with E-state index in [9.17, 15) is 9.59 Å². The molecular weight excluding hydrogens is 340 g/mol. The van der Waals surface area contributed by atoms with Gasteiger partial charge in [-0.3, -0.25) is 9.59 Å². The van der Waals surface area contributed by atoms with Crippen LogP contribution in [0.15, 0.2) is 0 Å². The Morgan fingerprint density at radius 3 is 1.96 bits per heavy atom. The summed E-state index contributed by atoms with van der Waals surface area (Å²) in [6, 6.07) is 0. The van der Waals surface area contributed by atoms with E-state index in [1.807, 2.05) is 13.8 Å². The van der Waals surface area contributed by atoms with Crippen LogP contribution in [0.5, 0.6) is 0 Å². The second-order valence-electron chi connectivity index (χ2n) is 8.87. The van der Waals surface area contributed by atoms with Gasteiger partial charge in [-0.15, -0.1) is 0 Å². The minimum absolute atomic E-state index is 0.0972. The van der Waals surface area contributed by atoms with Crippen LogP contribution in [0.3, 0.4) is 0 Å². The van der Waals surface area contributed by atoms with Gasteiger partial charge in [-0.05, 0) is 45.4 Å². The molecule has 1 saturated carbocycles. The van der Waals surface area contributed by atoms with E-state index in [1.165, 1.54) is 38.5 Å². The number of esters is 2. The Hall–Kier alpha value is -1.06. The Labute approximate surface area is 166 Å². The molecule has 1 aliphatic carbocycles. The first-order valence-corrected chi connectivity index (χ1v) is 11.3. The van der Waals surface area contributed by atoms with Gasteiger partial charge in [0, 0.05) is 0 Å². The molecule has 158 valence electrons. The molecular formula is C23H42O4. The fraction of sp³-hybridized carbons (Fsp3) is 0.913. The molecule has 1 aliphatic rings. The molecule has 0 aromatic heterocycles. The Morgan fingerprint density at radius 1 is 0.815 bits per heavy atom. The maximum atomic E-state index is 12.3. The van der Waals surface area contributed by atoms with Gasteiger partial charge in [-0.1, -0.05) is 65.2 Å². The maximum absolute atomic E-state index is 12.3. The topological polar surface area (TPSA) is 52.6 Å². The van der Waals surface area contributed by atoms with Crippen LogP contribution in [0.25, 0.3) is 0 Å². The van der Waals surface area contributed by atoms with E-state index in [0.29, 0.717) is 13.0 Å².